The number of carbonyl (C=O) groups is 1. The third-order valence-corrected chi connectivity index (χ3v) is 5.61. The second-order valence-electron chi connectivity index (χ2n) is 5.54. The zero-order valence-corrected chi connectivity index (χ0v) is 16.5. The number of anilines is 1. The molecule has 3 rings (SSSR count). The molecule has 0 saturated heterocycles. The van der Waals surface area contributed by atoms with Gasteiger partial charge in [0.1, 0.15) is 11.6 Å². The van der Waals surface area contributed by atoms with E-state index in [1.807, 2.05) is 30.3 Å². The molecule has 0 saturated carbocycles. The maximum Gasteiger partial charge on any atom is 0.270 e. The predicted octanol–water partition coefficient (Wildman–Crippen LogP) is 3.96. The molecule has 10 heteroatoms. The molecule has 0 fully saturated rings. The summed E-state index contributed by atoms with van der Waals surface area (Å²) in [5.41, 5.74) is 1.19. The summed E-state index contributed by atoms with van der Waals surface area (Å²) in [6.45, 7) is 0. The lowest BCUT2D eigenvalue weighted by Crippen LogP contribution is -2.19. The van der Waals surface area contributed by atoms with Crippen molar-refractivity contribution in [3.8, 4) is 0 Å². The number of nitrogens with one attached hydrogen (secondary N) is 1. The topological polar surface area (TPSA) is 103 Å². The van der Waals surface area contributed by atoms with Gasteiger partial charge in [-0.3, -0.25) is 14.9 Å². The third kappa shape index (κ3) is 4.52. The number of amides is 1. The fourth-order valence-electron chi connectivity index (χ4n) is 2.30. The number of aryl methyl sites for hydroxylation is 1. The van der Waals surface area contributed by atoms with Gasteiger partial charge in [-0.25, -0.2) is 0 Å². The fourth-order valence-corrected chi connectivity index (χ4v) is 3.75. The number of hydrogen-bond donors (Lipinski definition) is 1. The van der Waals surface area contributed by atoms with Crippen LogP contribution in [-0.2, 0) is 11.8 Å². The highest BCUT2D eigenvalue weighted by Crippen LogP contribution is 2.36. The van der Waals surface area contributed by atoms with E-state index in [2.05, 4.69) is 31.4 Å². The Kier molecular flexibility index (Phi) is 5.87. The van der Waals surface area contributed by atoms with Gasteiger partial charge in [-0.2, -0.15) is 0 Å². The second kappa shape index (κ2) is 8.31. The minimum Gasteiger partial charge on any atom is -0.324 e. The number of halogens is 1. The molecule has 1 heterocycles. The Bertz CT molecular complexity index is 980. The summed E-state index contributed by atoms with van der Waals surface area (Å²) in [4.78, 5) is 23.4. The van der Waals surface area contributed by atoms with Gasteiger partial charge in [0.25, 0.3) is 5.69 Å². The van der Waals surface area contributed by atoms with Gasteiger partial charge in [0.15, 0.2) is 5.16 Å². The van der Waals surface area contributed by atoms with Gasteiger partial charge in [0.2, 0.25) is 5.91 Å². The van der Waals surface area contributed by atoms with Crippen molar-refractivity contribution >= 4 is 45.0 Å². The highest BCUT2D eigenvalue weighted by atomic mass is 79.9. The van der Waals surface area contributed by atoms with Crippen LogP contribution < -0.4 is 5.32 Å². The molecule has 0 unspecified atom stereocenters. The molecule has 0 aliphatic heterocycles. The van der Waals surface area contributed by atoms with Crippen LogP contribution in [0.4, 0.5) is 11.4 Å². The van der Waals surface area contributed by atoms with Gasteiger partial charge in [-0.15, -0.1) is 10.2 Å². The number of nitrogens with zero attached hydrogens (tertiary/aromatic N) is 4. The predicted molar refractivity (Wildman–Crippen MR) is 105 cm³/mol. The number of rotatable bonds is 6. The van der Waals surface area contributed by atoms with Crippen LogP contribution >= 0.6 is 27.7 Å². The average molecular weight is 448 g/mol. The molecule has 27 heavy (non-hydrogen) atoms. The van der Waals surface area contributed by atoms with E-state index in [1.165, 1.54) is 30.0 Å². The number of benzene rings is 2. The van der Waals surface area contributed by atoms with Gasteiger partial charge >= 0.3 is 0 Å². The average Bonchev–Trinajstić information content (AvgIpc) is 3.06. The largest absolute Gasteiger partial charge is 0.324 e. The van der Waals surface area contributed by atoms with Gasteiger partial charge in [-0.05, 0) is 27.6 Å². The van der Waals surface area contributed by atoms with E-state index in [1.54, 1.807) is 17.9 Å². The van der Waals surface area contributed by atoms with E-state index in [0.29, 0.717) is 15.3 Å². The normalized spacial score (nSPS) is 11.8. The molecule has 0 spiro atoms. The van der Waals surface area contributed by atoms with E-state index in [9.17, 15) is 14.9 Å². The Hall–Kier alpha value is -2.72. The Balaban J connectivity index is 1.87. The number of hydrogen-bond acceptors (Lipinski definition) is 6. The van der Waals surface area contributed by atoms with Crippen LogP contribution in [0.5, 0.6) is 0 Å². The first-order valence-corrected chi connectivity index (χ1v) is 9.43. The van der Waals surface area contributed by atoms with Crippen molar-refractivity contribution in [1.29, 1.82) is 0 Å². The van der Waals surface area contributed by atoms with Crippen molar-refractivity contribution in [2.24, 2.45) is 7.05 Å². The molecule has 1 N–H and O–H groups in total. The van der Waals surface area contributed by atoms with E-state index in [-0.39, 0.29) is 11.6 Å². The Morgan fingerprint density at radius 3 is 2.63 bits per heavy atom. The lowest BCUT2D eigenvalue weighted by molar-refractivity contribution is -0.384. The van der Waals surface area contributed by atoms with Crippen molar-refractivity contribution in [3.63, 3.8) is 0 Å². The number of non-ortho nitro benzene ring substituents is 1. The molecule has 0 aliphatic carbocycles. The monoisotopic (exact) mass is 447 g/mol. The molecule has 2 aromatic carbocycles. The first kappa shape index (κ1) is 19.1. The van der Waals surface area contributed by atoms with Crippen molar-refractivity contribution in [2.75, 3.05) is 5.32 Å². The molecule has 0 radical (unpaired) electrons. The highest BCUT2D eigenvalue weighted by molar-refractivity contribution is 9.10. The summed E-state index contributed by atoms with van der Waals surface area (Å²) in [5.74, 6) is -0.274. The standard InChI is InChI=1S/C17H14BrN5O3S/c1-22-10-19-21-17(22)27-15(11-5-3-2-4-6-11)16(24)20-14-8-7-12(23(25)26)9-13(14)18/h2-10,15H,1H3,(H,20,24)/t15-/m1/s1. The van der Waals surface area contributed by atoms with Gasteiger partial charge in [0.05, 0.1) is 10.6 Å². The minimum atomic E-state index is -0.573. The molecule has 1 aromatic heterocycles. The first-order chi connectivity index (χ1) is 13.0. The molecule has 1 atom stereocenters. The van der Waals surface area contributed by atoms with Crippen LogP contribution in [-0.4, -0.2) is 25.6 Å². The van der Waals surface area contributed by atoms with Crippen LogP contribution in [0.1, 0.15) is 10.8 Å². The second-order valence-corrected chi connectivity index (χ2v) is 7.47. The minimum absolute atomic E-state index is 0.0621. The summed E-state index contributed by atoms with van der Waals surface area (Å²) >= 11 is 4.54. The highest BCUT2D eigenvalue weighted by Gasteiger charge is 2.25. The van der Waals surface area contributed by atoms with Gasteiger partial charge in [0, 0.05) is 23.7 Å². The molecule has 8 nitrogen and oxygen atoms in total. The summed E-state index contributed by atoms with van der Waals surface area (Å²) in [6, 6.07) is 13.5. The molecule has 138 valence electrons. The van der Waals surface area contributed by atoms with Crippen LogP contribution in [0.15, 0.2) is 64.5 Å². The molecule has 0 aliphatic rings. The molecular formula is C17H14BrN5O3S. The fraction of sp³-hybridized carbons (Fsp3) is 0.118. The van der Waals surface area contributed by atoms with E-state index >= 15 is 0 Å². The Morgan fingerprint density at radius 1 is 1.30 bits per heavy atom. The maximum atomic E-state index is 13.0. The van der Waals surface area contributed by atoms with Crippen molar-refractivity contribution in [3.05, 3.63) is 75.0 Å². The van der Waals surface area contributed by atoms with E-state index < -0.39 is 10.2 Å². The molecular weight excluding hydrogens is 434 g/mol. The molecule has 1 amide bonds. The lowest BCUT2D eigenvalue weighted by atomic mass is 10.1. The van der Waals surface area contributed by atoms with Gasteiger partial charge in [-0.1, -0.05) is 42.1 Å². The Morgan fingerprint density at radius 2 is 2.04 bits per heavy atom. The van der Waals surface area contributed by atoms with E-state index in [0.717, 1.165) is 5.56 Å². The summed E-state index contributed by atoms with van der Waals surface area (Å²) in [6.07, 6.45) is 1.56. The van der Waals surface area contributed by atoms with E-state index in [4.69, 9.17) is 0 Å². The van der Waals surface area contributed by atoms with Crippen LogP contribution in [0.2, 0.25) is 0 Å². The van der Waals surface area contributed by atoms with Crippen molar-refractivity contribution in [2.45, 2.75) is 10.4 Å². The van der Waals surface area contributed by atoms with Crippen LogP contribution in [0.25, 0.3) is 0 Å². The van der Waals surface area contributed by atoms with Crippen molar-refractivity contribution < 1.29 is 9.72 Å². The summed E-state index contributed by atoms with van der Waals surface area (Å²) in [5, 5.41) is 21.6. The lowest BCUT2D eigenvalue weighted by Gasteiger charge is -2.17. The number of carbonyl (C=O) groups excluding carboxylic acids is 1. The molecule has 3 aromatic rings. The zero-order chi connectivity index (χ0) is 19.4. The summed E-state index contributed by atoms with van der Waals surface area (Å²) in [7, 11) is 1.80. The van der Waals surface area contributed by atoms with Gasteiger partial charge < -0.3 is 9.88 Å². The summed E-state index contributed by atoms with van der Waals surface area (Å²) < 4.78 is 2.16. The zero-order valence-electron chi connectivity index (χ0n) is 14.1. The third-order valence-electron chi connectivity index (χ3n) is 3.65. The smallest absolute Gasteiger partial charge is 0.270 e. The maximum absolute atomic E-state index is 13.0. The number of thioether (sulfide) groups is 1. The van der Waals surface area contributed by atoms with Crippen LogP contribution in [0.3, 0.4) is 0 Å². The van der Waals surface area contributed by atoms with Crippen molar-refractivity contribution in [1.82, 2.24) is 14.8 Å². The quantitative estimate of drug-likeness (QED) is 0.348. The Labute approximate surface area is 167 Å². The van der Waals surface area contributed by atoms with Crippen LogP contribution in [0, 0.1) is 10.1 Å². The molecule has 0 bridgehead atoms. The number of nitro groups is 1. The number of aromatic nitrogens is 3. The SMILES string of the molecule is Cn1cnnc1S[C@@H](C(=O)Nc1ccc([N+](=O)[O-])cc1Br)c1ccccc1. The number of nitro benzene ring substituents is 1. The first-order valence-electron chi connectivity index (χ1n) is 7.76.